The van der Waals surface area contributed by atoms with Crippen LogP contribution in [0.15, 0.2) is 48.5 Å². The first-order valence-corrected chi connectivity index (χ1v) is 13.9. The van der Waals surface area contributed by atoms with Gasteiger partial charge in [-0.1, -0.05) is 63.1 Å². The molecule has 0 radical (unpaired) electrons. The Morgan fingerprint density at radius 3 is 1.38 bits per heavy atom. The van der Waals surface area contributed by atoms with E-state index in [1.807, 2.05) is 0 Å². The van der Waals surface area contributed by atoms with Gasteiger partial charge in [0.15, 0.2) is 5.78 Å². The van der Waals surface area contributed by atoms with Gasteiger partial charge in [-0.05, 0) is 56.2 Å². The van der Waals surface area contributed by atoms with Crippen LogP contribution in [0, 0.1) is 0 Å². The first-order valence-electron chi connectivity index (χ1n) is 13.9. The Kier molecular flexibility index (Phi) is 41.9. The number of aliphatic hydroxyl groups excluding tert-OH is 2. The maximum absolute atomic E-state index is 12.1. The van der Waals surface area contributed by atoms with E-state index in [-0.39, 0.29) is 106 Å². The number of hydrogen-bond donors (Lipinski definition) is 2. The summed E-state index contributed by atoms with van der Waals surface area (Å²) in [6, 6.07) is 11.6. The van der Waals surface area contributed by atoms with Crippen molar-refractivity contribution in [3.8, 4) is 0 Å². The molecule has 0 bridgehead atoms. The van der Waals surface area contributed by atoms with Crippen LogP contribution in [0.5, 0.6) is 0 Å². The summed E-state index contributed by atoms with van der Waals surface area (Å²) in [5.41, 5.74) is 1.12. The third-order valence-electron chi connectivity index (χ3n) is 5.55. The molecule has 2 N–H and O–H groups in total. The number of unbranched alkanes of at least 4 members (excludes halogenated alkanes) is 2. The van der Waals surface area contributed by atoms with Gasteiger partial charge < -0.3 is 38.6 Å². The van der Waals surface area contributed by atoms with Crippen LogP contribution in [0.1, 0.15) is 119 Å². The number of aliphatic hydroxyl groups is 2. The molecule has 0 spiro atoms. The van der Waals surface area contributed by atoms with Crippen LogP contribution in [0.3, 0.4) is 0 Å². The largest absolute Gasteiger partial charge is 0.463 e. The highest BCUT2D eigenvalue weighted by molar-refractivity contribution is 5.96. The second kappa shape index (κ2) is 36.1. The van der Waals surface area contributed by atoms with Gasteiger partial charge in [0.2, 0.25) is 6.79 Å². The number of carbonyl (C=O) groups excluding carboxylic acids is 5. The first-order chi connectivity index (χ1) is 21.2. The van der Waals surface area contributed by atoms with E-state index in [1.165, 1.54) is 55.5 Å². The standard InChI is InChI=1S/C23H24O9.C8H16O4.6CH4/c1-16(24)17-3-5-19(6-4-17)22(26)31-15-32-23(27)20-9-7-18(8-10-20)21(25)30-14-13-29-12-11-28-2;9-5-3-1-2-4-8(11)12-7-6-10;;;;;;/h3-10H,11-15H2,1-2H3;9-10H,1-7H2;6*1H4. The molecule has 0 heterocycles. The van der Waals surface area contributed by atoms with Crippen molar-refractivity contribution in [1.82, 2.24) is 0 Å². The Hall–Kier alpha value is -4.17. The van der Waals surface area contributed by atoms with E-state index in [2.05, 4.69) is 4.74 Å². The van der Waals surface area contributed by atoms with Crippen molar-refractivity contribution in [3.05, 3.63) is 70.8 Å². The number of methoxy groups -OCH3 is 1. The van der Waals surface area contributed by atoms with E-state index in [9.17, 15) is 24.0 Å². The molecule has 0 fully saturated rings. The van der Waals surface area contributed by atoms with Gasteiger partial charge >= 0.3 is 23.9 Å². The van der Waals surface area contributed by atoms with Gasteiger partial charge in [0.25, 0.3) is 0 Å². The van der Waals surface area contributed by atoms with Crippen molar-refractivity contribution >= 4 is 29.7 Å². The summed E-state index contributed by atoms with van der Waals surface area (Å²) in [5.74, 6) is -2.37. The molecule has 13 nitrogen and oxygen atoms in total. The second-order valence-electron chi connectivity index (χ2n) is 8.91. The third-order valence-corrected chi connectivity index (χ3v) is 5.55. The Labute approximate surface area is 300 Å². The van der Waals surface area contributed by atoms with E-state index in [0.29, 0.717) is 25.2 Å². The lowest BCUT2D eigenvalue weighted by atomic mass is 10.1. The minimum atomic E-state index is -0.726. The number of benzene rings is 2. The Bertz CT molecular complexity index is 1150. The zero-order valence-electron chi connectivity index (χ0n) is 25.0. The van der Waals surface area contributed by atoms with Crippen LogP contribution in [0.25, 0.3) is 0 Å². The highest BCUT2D eigenvalue weighted by Gasteiger charge is 2.13. The third kappa shape index (κ3) is 25.8. The number of ketones is 1. The molecule has 0 aliphatic rings. The predicted molar refractivity (Wildman–Crippen MR) is 196 cm³/mol. The molecule has 0 aromatic heterocycles. The topological polar surface area (TPSA) is 181 Å². The van der Waals surface area contributed by atoms with Crippen molar-refractivity contribution in [1.29, 1.82) is 0 Å². The molecule has 0 aliphatic heterocycles. The Morgan fingerprint density at radius 1 is 0.520 bits per heavy atom. The zero-order chi connectivity index (χ0) is 32.6. The number of esters is 4. The summed E-state index contributed by atoms with van der Waals surface area (Å²) < 4.78 is 29.5. The Morgan fingerprint density at radius 2 is 0.960 bits per heavy atom. The minimum Gasteiger partial charge on any atom is -0.463 e. The summed E-state index contributed by atoms with van der Waals surface area (Å²) in [6.45, 7) is 2.18. The molecule has 0 saturated heterocycles. The van der Waals surface area contributed by atoms with Crippen molar-refractivity contribution in [2.24, 2.45) is 0 Å². The second-order valence-corrected chi connectivity index (χ2v) is 8.91. The molecular formula is C37H64O13. The molecule has 2 aromatic rings. The number of carbonyl (C=O) groups is 5. The number of Topliss-reactive ketones (excluding diaryl/α,β-unsaturated/α-hetero) is 1. The normalized spacial score (nSPS) is 8.96. The maximum Gasteiger partial charge on any atom is 0.340 e. The lowest BCUT2D eigenvalue weighted by Crippen LogP contribution is -2.14. The highest BCUT2D eigenvalue weighted by Crippen LogP contribution is 2.10. The fourth-order valence-corrected chi connectivity index (χ4v) is 3.20. The summed E-state index contributed by atoms with van der Waals surface area (Å²) in [5, 5.41) is 16.7. The quantitative estimate of drug-likeness (QED) is 0.0524. The number of rotatable bonds is 19. The van der Waals surface area contributed by atoms with Crippen LogP contribution in [-0.4, -0.2) is 100 Å². The van der Waals surface area contributed by atoms with E-state index in [4.69, 9.17) is 33.9 Å². The molecular weight excluding hydrogens is 652 g/mol. The summed E-state index contributed by atoms with van der Waals surface area (Å²) in [6.07, 6.45) is 2.68. The average molecular weight is 717 g/mol. The average Bonchev–Trinajstić information content (AvgIpc) is 3.04. The zero-order valence-corrected chi connectivity index (χ0v) is 25.0. The lowest BCUT2D eigenvalue weighted by molar-refractivity contribution is -0.144. The fraction of sp³-hybridized carbons (Fsp3) is 0.541. The highest BCUT2D eigenvalue weighted by atomic mass is 16.7. The van der Waals surface area contributed by atoms with Gasteiger partial charge in [-0.15, -0.1) is 0 Å². The van der Waals surface area contributed by atoms with Crippen LogP contribution >= 0.6 is 0 Å². The van der Waals surface area contributed by atoms with Gasteiger partial charge in [0, 0.05) is 25.7 Å². The monoisotopic (exact) mass is 716 g/mol. The number of ether oxygens (including phenoxy) is 6. The van der Waals surface area contributed by atoms with Gasteiger partial charge in [-0.2, -0.15) is 0 Å². The van der Waals surface area contributed by atoms with Gasteiger partial charge in [-0.3, -0.25) is 9.59 Å². The van der Waals surface area contributed by atoms with Crippen LogP contribution in [-0.2, 0) is 33.2 Å². The summed E-state index contributed by atoms with van der Waals surface area (Å²) in [7, 11) is 1.56. The molecule has 13 heteroatoms. The summed E-state index contributed by atoms with van der Waals surface area (Å²) in [4.78, 5) is 58.0. The van der Waals surface area contributed by atoms with E-state index < -0.39 is 24.7 Å². The lowest BCUT2D eigenvalue weighted by Gasteiger charge is -2.08. The number of hydrogen-bond acceptors (Lipinski definition) is 13. The van der Waals surface area contributed by atoms with Crippen molar-refractivity contribution in [3.63, 3.8) is 0 Å². The van der Waals surface area contributed by atoms with Gasteiger partial charge in [0.05, 0.1) is 43.1 Å². The molecule has 0 aliphatic carbocycles. The summed E-state index contributed by atoms with van der Waals surface area (Å²) >= 11 is 0. The van der Waals surface area contributed by atoms with Crippen LogP contribution < -0.4 is 0 Å². The first kappa shape index (κ1) is 58.1. The molecule has 290 valence electrons. The van der Waals surface area contributed by atoms with Gasteiger partial charge in [0.1, 0.15) is 13.2 Å². The van der Waals surface area contributed by atoms with E-state index >= 15 is 0 Å². The fourth-order valence-electron chi connectivity index (χ4n) is 3.20. The molecule has 2 rings (SSSR count). The molecule has 0 unspecified atom stereocenters. The van der Waals surface area contributed by atoms with Crippen LogP contribution in [0.2, 0.25) is 0 Å². The van der Waals surface area contributed by atoms with Gasteiger partial charge in [-0.25, -0.2) is 14.4 Å². The molecule has 0 amide bonds. The van der Waals surface area contributed by atoms with Crippen LogP contribution in [0.4, 0.5) is 0 Å². The van der Waals surface area contributed by atoms with E-state index in [1.54, 1.807) is 7.11 Å². The Balaban J connectivity index is -0.000000234. The van der Waals surface area contributed by atoms with Crippen molar-refractivity contribution in [2.75, 3.05) is 60.2 Å². The molecule has 0 saturated carbocycles. The van der Waals surface area contributed by atoms with E-state index in [0.717, 1.165) is 19.3 Å². The maximum atomic E-state index is 12.1. The smallest absolute Gasteiger partial charge is 0.340 e. The SMILES string of the molecule is C.C.C.C.C.C.COCCOCCOC(=O)c1ccc(C(=O)OCOC(=O)c2ccc(C(C)=O)cc2)cc1.O=C(CCCCCO)OCCO. The van der Waals surface area contributed by atoms with Crippen molar-refractivity contribution in [2.45, 2.75) is 77.2 Å². The minimum absolute atomic E-state index is 0. The molecule has 2 aromatic carbocycles. The molecule has 0 atom stereocenters. The predicted octanol–water partition coefficient (Wildman–Crippen LogP) is 6.57. The van der Waals surface area contributed by atoms with Crippen molar-refractivity contribution < 1.29 is 62.6 Å². The molecule has 50 heavy (non-hydrogen) atoms.